The number of carbonyl (C=O) groups excluding carboxylic acids is 1. The zero-order chi connectivity index (χ0) is 15.6. The molecule has 0 saturated heterocycles. The van der Waals surface area contributed by atoms with Gasteiger partial charge in [0.1, 0.15) is 0 Å². The van der Waals surface area contributed by atoms with E-state index in [-0.39, 0.29) is 5.97 Å². The van der Waals surface area contributed by atoms with Gasteiger partial charge in [-0.15, -0.1) is 0 Å². The molecule has 1 fully saturated rings. The van der Waals surface area contributed by atoms with E-state index < -0.39 is 0 Å². The fourth-order valence-electron chi connectivity index (χ4n) is 3.02. The van der Waals surface area contributed by atoms with Gasteiger partial charge in [0.15, 0.2) is 0 Å². The van der Waals surface area contributed by atoms with Crippen molar-refractivity contribution in [2.45, 2.75) is 45.6 Å². The number of ether oxygens (including phenoxy) is 1. The molecular formula is C16H21Br2NO2. The Balaban J connectivity index is 2.28. The molecule has 21 heavy (non-hydrogen) atoms. The van der Waals surface area contributed by atoms with Gasteiger partial charge in [-0.1, -0.05) is 36.2 Å². The van der Waals surface area contributed by atoms with Gasteiger partial charge < -0.3 is 10.1 Å². The molecule has 1 unspecified atom stereocenters. The van der Waals surface area contributed by atoms with Crippen LogP contribution in [0, 0.1) is 5.41 Å². The van der Waals surface area contributed by atoms with Crippen molar-refractivity contribution in [2.24, 2.45) is 5.41 Å². The molecule has 1 aliphatic carbocycles. The van der Waals surface area contributed by atoms with Gasteiger partial charge >= 0.3 is 5.97 Å². The molecule has 1 aromatic carbocycles. The molecule has 1 atom stereocenters. The lowest BCUT2D eigenvalue weighted by Crippen LogP contribution is -2.32. The summed E-state index contributed by atoms with van der Waals surface area (Å²) >= 11 is 6.97. The van der Waals surface area contributed by atoms with E-state index in [0.29, 0.717) is 17.0 Å². The Morgan fingerprint density at radius 3 is 2.71 bits per heavy atom. The van der Waals surface area contributed by atoms with Crippen molar-refractivity contribution < 1.29 is 9.53 Å². The summed E-state index contributed by atoms with van der Waals surface area (Å²) in [6.07, 6.45) is 4.71. The number of carbonyl (C=O) groups is 1. The molecule has 2 rings (SSSR count). The molecule has 3 nitrogen and oxygen atoms in total. The summed E-state index contributed by atoms with van der Waals surface area (Å²) < 4.78 is 6.62. The molecule has 0 amide bonds. The number of nitrogens with one attached hydrogen (secondary N) is 1. The van der Waals surface area contributed by atoms with Crippen LogP contribution < -0.4 is 5.32 Å². The first kappa shape index (κ1) is 16.8. The monoisotopic (exact) mass is 417 g/mol. The van der Waals surface area contributed by atoms with Crippen LogP contribution in [-0.2, 0) is 4.74 Å². The summed E-state index contributed by atoms with van der Waals surface area (Å²) in [7, 11) is 1.41. The second kappa shape index (κ2) is 6.69. The minimum Gasteiger partial charge on any atom is -0.465 e. The predicted molar refractivity (Wildman–Crippen MR) is 92.8 cm³/mol. The Morgan fingerprint density at radius 2 is 2.10 bits per heavy atom. The van der Waals surface area contributed by atoms with E-state index in [2.05, 4.69) is 51.0 Å². The highest BCUT2D eigenvalue weighted by Gasteiger charge is 2.29. The number of halogens is 2. The molecule has 0 heterocycles. The van der Waals surface area contributed by atoms with E-state index in [1.54, 1.807) is 6.07 Å². The summed E-state index contributed by atoms with van der Waals surface area (Å²) in [5, 5.41) is 3.55. The fourth-order valence-corrected chi connectivity index (χ4v) is 4.36. The summed E-state index contributed by atoms with van der Waals surface area (Å²) in [5.74, 6) is -0.324. The highest BCUT2D eigenvalue weighted by molar-refractivity contribution is 9.11. The van der Waals surface area contributed by atoms with Crippen LogP contribution in [0.1, 0.15) is 49.9 Å². The first-order valence-corrected chi connectivity index (χ1v) is 8.75. The number of esters is 1. The molecule has 0 aliphatic heterocycles. The topological polar surface area (TPSA) is 38.3 Å². The van der Waals surface area contributed by atoms with Crippen molar-refractivity contribution >= 4 is 43.5 Å². The van der Waals surface area contributed by atoms with E-state index in [0.717, 1.165) is 27.5 Å². The van der Waals surface area contributed by atoms with Crippen LogP contribution in [0.5, 0.6) is 0 Å². The van der Waals surface area contributed by atoms with Gasteiger partial charge in [-0.3, -0.25) is 0 Å². The second-order valence-corrected chi connectivity index (χ2v) is 8.17. The molecule has 1 aromatic rings. The first-order chi connectivity index (χ1) is 9.82. The van der Waals surface area contributed by atoms with Gasteiger partial charge in [-0.05, 0) is 52.7 Å². The number of methoxy groups -OCH3 is 1. The van der Waals surface area contributed by atoms with Crippen molar-refractivity contribution in [3.63, 3.8) is 0 Å². The van der Waals surface area contributed by atoms with Crippen LogP contribution in [0.15, 0.2) is 21.1 Å². The van der Waals surface area contributed by atoms with Crippen molar-refractivity contribution in [3.05, 3.63) is 26.6 Å². The molecule has 1 saturated carbocycles. The Hall–Kier alpha value is -0.550. The van der Waals surface area contributed by atoms with Crippen LogP contribution in [0.4, 0.5) is 5.69 Å². The smallest absolute Gasteiger partial charge is 0.340 e. The molecule has 0 spiro atoms. The molecular weight excluding hydrogens is 398 g/mol. The van der Waals surface area contributed by atoms with Crippen molar-refractivity contribution in [3.8, 4) is 0 Å². The lowest BCUT2D eigenvalue weighted by Gasteiger charge is -2.36. The lowest BCUT2D eigenvalue weighted by molar-refractivity contribution is 0.0601. The first-order valence-electron chi connectivity index (χ1n) is 7.16. The Labute approximate surface area is 143 Å². The summed E-state index contributed by atoms with van der Waals surface area (Å²) in [4.78, 5) is 12.0. The minimum absolute atomic E-state index is 0.324. The largest absolute Gasteiger partial charge is 0.465 e. The second-order valence-electron chi connectivity index (χ2n) is 6.40. The summed E-state index contributed by atoms with van der Waals surface area (Å²) in [6.45, 7) is 4.61. The van der Waals surface area contributed by atoms with Crippen LogP contribution >= 0.6 is 31.9 Å². The Bertz CT molecular complexity index is 543. The van der Waals surface area contributed by atoms with E-state index in [9.17, 15) is 4.79 Å². The molecule has 5 heteroatoms. The van der Waals surface area contributed by atoms with Crippen LogP contribution in [0.25, 0.3) is 0 Å². The Kier molecular flexibility index (Phi) is 5.36. The molecule has 116 valence electrons. The zero-order valence-electron chi connectivity index (χ0n) is 12.6. The van der Waals surface area contributed by atoms with Gasteiger partial charge in [0.05, 0.1) is 18.4 Å². The number of hydrogen-bond acceptors (Lipinski definition) is 3. The quantitative estimate of drug-likeness (QED) is 0.669. The van der Waals surface area contributed by atoms with E-state index in [4.69, 9.17) is 4.74 Å². The number of rotatable bonds is 3. The van der Waals surface area contributed by atoms with E-state index in [1.165, 1.54) is 20.0 Å². The highest BCUT2D eigenvalue weighted by Crippen LogP contribution is 2.38. The number of anilines is 1. The fraction of sp³-hybridized carbons (Fsp3) is 0.562. The van der Waals surface area contributed by atoms with Gasteiger partial charge in [0, 0.05) is 15.0 Å². The SMILES string of the molecule is COC(=O)c1cc(Br)cc(Br)c1NC1CCCC(C)(C)C1. The van der Waals surface area contributed by atoms with Crippen molar-refractivity contribution in [1.82, 2.24) is 0 Å². The molecule has 1 aliphatic rings. The third-order valence-electron chi connectivity index (χ3n) is 4.01. The summed E-state index contributed by atoms with van der Waals surface area (Å²) in [6, 6.07) is 4.13. The van der Waals surface area contributed by atoms with Gasteiger partial charge in [-0.25, -0.2) is 4.79 Å². The van der Waals surface area contributed by atoms with Crippen LogP contribution in [0.2, 0.25) is 0 Å². The molecule has 0 bridgehead atoms. The maximum absolute atomic E-state index is 12.0. The van der Waals surface area contributed by atoms with E-state index >= 15 is 0 Å². The van der Waals surface area contributed by atoms with Crippen LogP contribution in [-0.4, -0.2) is 19.1 Å². The molecule has 0 aromatic heterocycles. The molecule has 1 N–H and O–H groups in total. The zero-order valence-corrected chi connectivity index (χ0v) is 15.8. The third-order valence-corrected chi connectivity index (χ3v) is 5.10. The number of hydrogen-bond donors (Lipinski definition) is 1. The van der Waals surface area contributed by atoms with Gasteiger partial charge in [0.25, 0.3) is 0 Å². The van der Waals surface area contributed by atoms with E-state index in [1.807, 2.05) is 6.07 Å². The van der Waals surface area contributed by atoms with Gasteiger partial charge in [-0.2, -0.15) is 0 Å². The maximum Gasteiger partial charge on any atom is 0.340 e. The van der Waals surface area contributed by atoms with Crippen molar-refractivity contribution in [2.75, 3.05) is 12.4 Å². The van der Waals surface area contributed by atoms with Crippen molar-refractivity contribution in [1.29, 1.82) is 0 Å². The number of benzene rings is 1. The minimum atomic E-state index is -0.324. The normalized spacial score (nSPS) is 20.9. The lowest BCUT2D eigenvalue weighted by atomic mass is 9.75. The Morgan fingerprint density at radius 1 is 1.38 bits per heavy atom. The highest BCUT2D eigenvalue weighted by atomic mass is 79.9. The standard InChI is InChI=1S/C16H21Br2NO2/c1-16(2)6-4-5-11(9-16)19-14-12(15(20)21-3)7-10(17)8-13(14)18/h7-8,11,19H,4-6,9H2,1-3H3. The molecule has 0 radical (unpaired) electrons. The van der Waals surface area contributed by atoms with Crippen LogP contribution in [0.3, 0.4) is 0 Å². The predicted octanol–water partition coefficient (Wildman–Crippen LogP) is 5.38. The maximum atomic E-state index is 12.0. The summed E-state index contributed by atoms with van der Waals surface area (Å²) in [5.41, 5.74) is 1.73. The average Bonchev–Trinajstić information content (AvgIpc) is 2.39. The van der Waals surface area contributed by atoms with Gasteiger partial charge in [0.2, 0.25) is 0 Å². The third kappa shape index (κ3) is 4.22. The average molecular weight is 419 g/mol.